The predicted octanol–water partition coefficient (Wildman–Crippen LogP) is 4.54. The van der Waals surface area contributed by atoms with Gasteiger partial charge >= 0.3 is 6.09 Å². The van der Waals surface area contributed by atoms with Gasteiger partial charge in [0, 0.05) is 50.9 Å². The highest BCUT2D eigenvalue weighted by molar-refractivity contribution is 6.30. The van der Waals surface area contributed by atoms with Gasteiger partial charge in [-0.2, -0.15) is 0 Å². The monoisotopic (exact) mass is 594 g/mol. The highest BCUT2D eigenvalue weighted by Gasteiger charge is 2.31. The van der Waals surface area contributed by atoms with Crippen molar-refractivity contribution in [2.45, 2.75) is 44.8 Å². The molecule has 2 atom stereocenters. The largest absolute Gasteiger partial charge is 0.447 e. The van der Waals surface area contributed by atoms with E-state index in [1.165, 1.54) is 7.11 Å². The summed E-state index contributed by atoms with van der Waals surface area (Å²) in [6.45, 7) is 4.83. The van der Waals surface area contributed by atoms with Gasteiger partial charge in [0.15, 0.2) is 0 Å². The van der Waals surface area contributed by atoms with E-state index in [1.54, 1.807) is 23.6 Å². The van der Waals surface area contributed by atoms with Crippen molar-refractivity contribution in [3.05, 3.63) is 82.2 Å². The van der Waals surface area contributed by atoms with Crippen LogP contribution in [0, 0.1) is 0 Å². The van der Waals surface area contributed by atoms with Gasteiger partial charge in [-0.3, -0.25) is 9.78 Å². The number of pyridine rings is 1. The van der Waals surface area contributed by atoms with Gasteiger partial charge < -0.3 is 30.0 Å². The Morgan fingerprint density at radius 1 is 1.24 bits per heavy atom. The number of ether oxygens (including phenoxy) is 2. The molecule has 10 nitrogen and oxygen atoms in total. The van der Waals surface area contributed by atoms with Crippen molar-refractivity contribution in [1.29, 1.82) is 0 Å². The summed E-state index contributed by atoms with van der Waals surface area (Å²) in [5.74, 6) is -0.349. The molecule has 0 aliphatic heterocycles. The number of nitrogens with zero attached hydrogens (tertiary/aromatic N) is 4. The first-order valence-electron chi connectivity index (χ1n) is 14.1. The van der Waals surface area contributed by atoms with Crippen LogP contribution in [0.4, 0.5) is 4.79 Å². The number of methoxy groups -OCH3 is 1. The fourth-order valence-corrected chi connectivity index (χ4v) is 5.52. The lowest BCUT2D eigenvalue weighted by atomic mass is 9.85. The Bertz CT molecular complexity index is 1420. The maximum atomic E-state index is 12.9. The molecule has 2 heterocycles. The number of nitrogens with two attached hydrogens (primary N) is 1. The van der Waals surface area contributed by atoms with Crippen molar-refractivity contribution in [3.8, 4) is 0 Å². The normalized spacial score (nSPS) is 14.8. The van der Waals surface area contributed by atoms with E-state index in [4.69, 9.17) is 31.8 Å². The third-order valence-corrected chi connectivity index (χ3v) is 7.41. The molecular weight excluding hydrogens is 556 g/mol. The molecule has 11 heteroatoms. The molecule has 42 heavy (non-hydrogen) atoms. The third-order valence-electron chi connectivity index (χ3n) is 7.17. The Balaban J connectivity index is 1.76. The molecular formula is C31H39ClN6O4. The van der Waals surface area contributed by atoms with E-state index in [1.807, 2.05) is 55.8 Å². The average Bonchev–Trinajstić information content (AvgIpc) is 3.32. The number of benzene rings is 1. The lowest BCUT2D eigenvalue weighted by Gasteiger charge is -2.26. The van der Waals surface area contributed by atoms with E-state index < -0.39 is 6.04 Å². The van der Waals surface area contributed by atoms with E-state index >= 15 is 0 Å². The van der Waals surface area contributed by atoms with Gasteiger partial charge in [-0.1, -0.05) is 23.7 Å². The minimum Gasteiger partial charge on any atom is -0.447 e. The van der Waals surface area contributed by atoms with Crippen molar-refractivity contribution in [3.63, 3.8) is 0 Å². The molecule has 2 amide bonds. The number of hydrogen-bond donors (Lipinski definition) is 2. The molecule has 0 saturated carbocycles. The van der Waals surface area contributed by atoms with Crippen LogP contribution in [-0.2, 0) is 21.3 Å². The minimum atomic E-state index is -0.532. The number of amides is 2. The van der Waals surface area contributed by atoms with Crippen LogP contribution in [0.3, 0.4) is 0 Å². The topological polar surface area (TPSA) is 125 Å². The van der Waals surface area contributed by atoms with Crippen LogP contribution in [-0.4, -0.2) is 70.9 Å². The standard InChI is InChI=1S/C31H39ClN6O4/c1-20(2)42-31(40)38(14-11-33)13-6-8-24-23-10-9-22(32)16-25(23)26(15-21-7-5-12-35-29(21)24)30(36-28(39)18-41-4)27-17-34-19-37(27)3/h5,7,9-10,12,15-17,19-20,24,30H,6,8,11,13-14,18,33H2,1-4H3,(H,36,39)/t24-,30+/m0/s1. The molecule has 1 aliphatic carbocycles. The molecule has 3 aromatic rings. The van der Waals surface area contributed by atoms with Gasteiger partial charge in [0.1, 0.15) is 6.61 Å². The molecule has 0 saturated heterocycles. The van der Waals surface area contributed by atoms with E-state index in [-0.39, 0.29) is 30.6 Å². The zero-order chi connectivity index (χ0) is 30.2. The number of imidazole rings is 1. The number of aryl methyl sites for hydroxylation is 1. The van der Waals surface area contributed by atoms with Crippen LogP contribution in [0.2, 0.25) is 5.02 Å². The number of fused-ring (bicyclic) bond motifs is 2. The molecule has 224 valence electrons. The molecule has 2 aromatic heterocycles. The van der Waals surface area contributed by atoms with E-state index in [0.29, 0.717) is 37.5 Å². The van der Waals surface area contributed by atoms with Gasteiger partial charge in [-0.25, -0.2) is 9.78 Å². The smallest absolute Gasteiger partial charge is 0.410 e. The quantitative estimate of drug-likeness (QED) is 0.315. The minimum absolute atomic E-state index is 0.0800. The SMILES string of the molecule is COCC(=O)N[C@H](C1=Cc2cccnc2[C@@H](CCCN(CCN)C(=O)OC(C)C)c2ccc(Cl)cc21)c1cncn1C. The fourth-order valence-electron chi connectivity index (χ4n) is 5.35. The Labute approximate surface area is 251 Å². The zero-order valence-electron chi connectivity index (χ0n) is 24.5. The first-order valence-corrected chi connectivity index (χ1v) is 14.5. The molecule has 0 radical (unpaired) electrons. The number of aromatic nitrogens is 3. The number of carbonyl (C=O) groups is 2. The van der Waals surface area contributed by atoms with Gasteiger partial charge in [0.05, 0.1) is 36.1 Å². The van der Waals surface area contributed by atoms with Crippen LogP contribution >= 0.6 is 11.6 Å². The van der Waals surface area contributed by atoms with Crippen LogP contribution in [0.15, 0.2) is 49.1 Å². The number of rotatable bonds is 12. The second-order valence-corrected chi connectivity index (χ2v) is 11.0. The second kappa shape index (κ2) is 14.4. The van der Waals surface area contributed by atoms with Crippen molar-refractivity contribution in [1.82, 2.24) is 24.8 Å². The maximum Gasteiger partial charge on any atom is 0.410 e. The van der Waals surface area contributed by atoms with E-state index in [9.17, 15) is 9.59 Å². The average molecular weight is 595 g/mol. The van der Waals surface area contributed by atoms with Gasteiger partial charge in [-0.05, 0) is 73.2 Å². The van der Waals surface area contributed by atoms with Crippen LogP contribution in [0.25, 0.3) is 11.6 Å². The maximum absolute atomic E-state index is 12.9. The summed E-state index contributed by atoms with van der Waals surface area (Å²) >= 11 is 6.59. The lowest BCUT2D eigenvalue weighted by Crippen LogP contribution is -2.37. The Morgan fingerprint density at radius 2 is 2.05 bits per heavy atom. The van der Waals surface area contributed by atoms with Crippen LogP contribution < -0.4 is 11.1 Å². The number of carbonyl (C=O) groups excluding carboxylic acids is 2. The van der Waals surface area contributed by atoms with Gasteiger partial charge in [0.25, 0.3) is 0 Å². The van der Waals surface area contributed by atoms with Gasteiger partial charge in [-0.15, -0.1) is 0 Å². The summed E-state index contributed by atoms with van der Waals surface area (Å²) in [5, 5.41) is 3.72. The zero-order valence-corrected chi connectivity index (χ0v) is 25.3. The molecule has 0 fully saturated rings. The van der Waals surface area contributed by atoms with Crippen molar-refractivity contribution in [2.75, 3.05) is 33.4 Å². The van der Waals surface area contributed by atoms with Crippen molar-refractivity contribution < 1.29 is 19.1 Å². The Hall–Kier alpha value is -3.73. The number of nitrogens with one attached hydrogen (secondary N) is 1. The van der Waals surface area contributed by atoms with Crippen LogP contribution in [0.1, 0.15) is 66.7 Å². The Kier molecular flexibility index (Phi) is 10.7. The number of hydrogen-bond acceptors (Lipinski definition) is 7. The molecule has 0 spiro atoms. The number of halogens is 1. The first kappa shape index (κ1) is 31.2. The molecule has 0 unspecified atom stereocenters. The molecule has 1 aliphatic rings. The summed E-state index contributed by atoms with van der Waals surface area (Å²) in [7, 11) is 3.38. The summed E-state index contributed by atoms with van der Waals surface area (Å²) in [6.07, 6.45) is 8.14. The van der Waals surface area contributed by atoms with Crippen molar-refractivity contribution in [2.24, 2.45) is 12.8 Å². The Morgan fingerprint density at radius 3 is 2.74 bits per heavy atom. The van der Waals surface area contributed by atoms with E-state index in [0.717, 1.165) is 33.7 Å². The highest BCUT2D eigenvalue weighted by Crippen LogP contribution is 2.44. The highest BCUT2D eigenvalue weighted by atomic mass is 35.5. The molecule has 0 bridgehead atoms. The fraction of sp³-hybridized carbons (Fsp3) is 0.419. The van der Waals surface area contributed by atoms with E-state index in [2.05, 4.69) is 16.4 Å². The molecule has 3 N–H and O–H groups in total. The van der Waals surface area contributed by atoms with Crippen molar-refractivity contribution >= 4 is 35.3 Å². The second-order valence-electron chi connectivity index (χ2n) is 10.6. The summed E-state index contributed by atoms with van der Waals surface area (Å²) in [6, 6.07) is 9.25. The predicted molar refractivity (Wildman–Crippen MR) is 163 cm³/mol. The molecule has 4 rings (SSSR count). The lowest BCUT2D eigenvalue weighted by molar-refractivity contribution is -0.125. The third kappa shape index (κ3) is 7.36. The summed E-state index contributed by atoms with van der Waals surface area (Å²) < 4.78 is 12.4. The van der Waals surface area contributed by atoms with Gasteiger partial charge in [0.2, 0.25) is 5.91 Å². The summed E-state index contributed by atoms with van der Waals surface area (Å²) in [4.78, 5) is 36.3. The molecule has 1 aromatic carbocycles. The van der Waals surface area contributed by atoms with Crippen LogP contribution in [0.5, 0.6) is 0 Å². The summed E-state index contributed by atoms with van der Waals surface area (Å²) in [5.41, 5.74) is 11.3. The first-order chi connectivity index (χ1) is 20.2.